The SMILES string of the molecule is CC1CCCC(CNCCc2ccc(Cl)s2)C1. The molecule has 1 heterocycles. The van der Waals surface area contributed by atoms with Crippen molar-refractivity contribution in [3.63, 3.8) is 0 Å². The van der Waals surface area contributed by atoms with E-state index < -0.39 is 0 Å². The third-order valence-corrected chi connectivity index (χ3v) is 4.95. The zero-order valence-corrected chi connectivity index (χ0v) is 12.1. The van der Waals surface area contributed by atoms with Gasteiger partial charge in [-0.1, -0.05) is 31.4 Å². The standard InChI is InChI=1S/C14H22ClNS/c1-11-3-2-4-12(9-11)10-16-8-7-13-5-6-14(15)17-13/h5-6,11-12,16H,2-4,7-10H2,1H3. The molecule has 0 aromatic carbocycles. The lowest BCUT2D eigenvalue weighted by Crippen LogP contribution is -2.28. The van der Waals surface area contributed by atoms with E-state index in [4.69, 9.17) is 11.6 Å². The zero-order chi connectivity index (χ0) is 12.1. The molecule has 1 nitrogen and oxygen atoms in total. The molecule has 0 spiro atoms. The summed E-state index contributed by atoms with van der Waals surface area (Å²) in [6.07, 6.45) is 6.80. The van der Waals surface area contributed by atoms with Crippen molar-refractivity contribution in [2.45, 2.75) is 39.0 Å². The second-order valence-electron chi connectivity index (χ2n) is 5.30. The first kappa shape index (κ1) is 13.4. The van der Waals surface area contributed by atoms with Crippen LogP contribution in [0.2, 0.25) is 4.34 Å². The molecule has 0 amide bonds. The lowest BCUT2D eigenvalue weighted by molar-refractivity contribution is 0.275. The van der Waals surface area contributed by atoms with Gasteiger partial charge in [-0.2, -0.15) is 0 Å². The van der Waals surface area contributed by atoms with Crippen LogP contribution in [-0.2, 0) is 6.42 Å². The van der Waals surface area contributed by atoms with Crippen LogP contribution < -0.4 is 5.32 Å². The molecule has 2 unspecified atom stereocenters. The maximum atomic E-state index is 5.91. The monoisotopic (exact) mass is 271 g/mol. The van der Waals surface area contributed by atoms with E-state index in [1.807, 2.05) is 6.07 Å². The van der Waals surface area contributed by atoms with Crippen molar-refractivity contribution < 1.29 is 0 Å². The molecule has 1 aromatic rings. The van der Waals surface area contributed by atoms with Crippen LogP contribution >= 0.6 is 22.9 Å². The first-order valence-corrected chi connectivity index (χ1v) is 7.88. The smallest absolute Gasteiger partial charge is 0.0931 e. The maximum absolute atomic E-state index is 5.91. The Balaban J connectivity index is 1.59. The molecule has 2 atom stereocenters. The number of halogens is 1. The molecule has 1 fully saturated rings. The van der Waals surface area contributed by atoms with Gasteiger partial charge in [-0.15, -0.1) is 11.3 Å². The van der Waals surface area contributed by atoms with Crippen LogP contribution in [0.1, 0.15) is 37.5 Å². The summed E-state index contributed by atoms with van der Waals surface area (Å²) in [5.41, 5.74) is 0. The van der Waals surface area contributed by atoms with E-state index in [1.54, 1.807) is 11.3 Å². The van der Waals surface area contributed by atoms with Crippen LogP contribution in [0.25, 0.3) is 0 Å². The molecular formula is C14H22ClNS. The van der Waals surface area contributed by atoms with E-state index in [0.29, 0.717) is 0 Å². The lowest BCUT2D eigenvalue weighted by Gasteiger charge is -2.26. The Morgan fingerprint density at radius 3 is 3.00 bits per heavy atom. The normalized spacial score (nSPS) is 25.1. The van der Waals surface area contributed by atoms with Crippen molar-refractivity contribution in [1.29, 1.82) is 0 Å². The molecule has 1 aromatic heterocycles. The average Bonchev–Trinajstić information content (AvgIpc) is 2.71. The van der Waals surface area contributed by atoms with E-state index in [9.17, 15) is 0 Å². The molecule has 96 valence electrons. The molecule has 3 heteroatoms. The van der Waals surface area contributed by atoms with Gasteiger partial charge >= 0.3 is 0 Å². The van der Waals surface area contributed by atoms with E-state index in [-0.39, 0.29) is 0 Å². The molecule has 17 heavy (non-hydrogen) atoms. The Labute approximate surface area is 114 Å². The molecule has 2 rings (SSSR count). The van der Waals surface area contributed by atoms with Gasteiger partial charge in [0, 0.05) is 4.88 Å². The minimum absolute atomic E-state index is 0.904. The molecule has 1 aliphatic rings. The summed E-state index contributed by atoms with van der Waals surface area (Å²) in [4.78, 5) is 1.39. The molecular weight excluding hydrogens is 250 g/mol. The Bertz CT molecular complexity index is 337. The fourth-order valence-electron chi connectivity index (χ4n) is 2.75. The minimum atomic E-state index is 0.904. The third kappa shape index (κ3) is 4.61. The molecule has 0 radical (unpaired) electrons. The van der Waals surface area contributed by atoms with Gasteiger partial charge in [0.15, 0.2) is 0 Å². The highest BCUT2D eigenvalue weighted by atomic mass is 35.5. The van der Waals surface area contributed by atoms with Gasteiger partial charge in [0.2, 0.25) is 0 Å². The van der Waals surface area contributed by atoms with Crippen molar-refractivity contribution in [2.75, 3.05) is 13.1 Å². The van der Waals surface area contributed by atoms with E-state index in [0.717, 1.165) is 29.1 Å². The van der Waals surface area contributed by atoms with Crippen molar-refractivity contribution >= 4 is 22.9 Å². The minimum Gasteiger partial charge on any atom is -0.316 e. The van der Waals surface area contributed by atoms with Gasteiger partial charge in [0.1, 0.15) is 0 Å². The highest BCUT2D eigenvalue weighted by molar-refractivity contribution is 7.16. The van der Waals surface area contributed by atoms with Crippen LogP contribution in [0.15, 0.2) is 12.1 Å². The highest BCUT2D eigenvalue weighted by Gasteiger charge is 2.17. The van der Waals surface area contributed by atoms with Crippen LogP contribution in [0.4, 0.5) is 0 Å². The van der Waals surface area contributed by atoms with Crippen molar-refractivity contribution in [2.24, 2.45) is 11.8 Å². The van der Waals surface area contributed by atoms with Gasteiger partial charge in [-0.05, 0) is 56.3 Å². The predicted octanol–water partition coefficient (Wildman–Crippen LogP) is 4.36. The van der Waals surface area contributed by atoms with E-state index in [1.165, 1.54) is 37.1 Å². The van der Waals surface area contributed by atoms with Crippen molar-refractivity contribution in [3.8, 4) is 0 Å². The summed E-state index contributed by atoms with van der Waals surface area (Å²) in [5.74, 6) is 1.84. The maximum Gasteiger partial charge on any atom is 0.0931 e. The van der Waals surface area contributed by atoms with Crippen LogP contribution in [-0.4, -0.2) is 13.1 Å². The van der Waals surface area contributed by atoms with E-state index >= 15 is 0 Å². The number of hydrogen-bond acceptors (Lipinski definition) is 2. The third-order valence-electron chi connectivity index (χ3n) is 3.66. The summed E-state index contributed by atoms with van der Waals surface area (Å²) < 4.78 is 0.904. The Kier molecular flexibility index (Phi) is 5.33. The number of hydrogen-bond donors (Lipinski definition) is 1. The fourth-order valence-corrected chi connectivity index (χ4v) is 3.84. The van der Waals surface area contributed by atoms with Crippen LogP contribution in [0, 0.1) is 11.8 Å². The number of nitrogens with one attached hydrogen (secondary N) is 1. The second kappa shape index (κ2) is 6.77. The Morgan fingerprint density at radius 2 is 2.29 bits per heavy atom. The number of thiophene rings is 1. The summed E-state index contributed by atoms with van der Waals surface area (Å²) in [6, 6.07) is 4.13. The Morgan fingerprint density at radius 1 is 1.41 bits per heavy atom. The first-order chi connectivity index (χ1) is 8.24. The van der Waals surface area contributed by atoms with Gasteiger partial charge in [0.05, 0.1) is 4.34 Å². The van der Waals surface area contributed by atoms with Crippen LogP contribution in [0.3, 0.4) is 0 Å². The molecule has 1 N–H and O–H groups in total. The van der Waals surface area contributed by atoms with Gasteiger partial charge in [-0.25, -0.2) is 0 Å². The Hall–Kier alpha value is -0.0500. The summed E-state index contributed by atoms with van der Waals surface area (Å²) in [7, 11) is 0. The predicted molar refractivity (Wildman–Crippen MR) is 77.0 cm³/mol. The average molecular weight is 272 g/mol. The zero-order valence-electron chi connectivity index (χ0n) is 10.5. The first-order valence-electron chi connectivity index (χ1n) is 6.69. The van der Waals surface area contributed by atoms with Crippen molar-refractivity contribution in [1.82, 2.24) is 5.32 Å². The molecule has 0 saturated heterocycles. The highest BCUT2D eigenvalue weighted by Crippen LogP contribution is 2.28. The quantitative estimate of drug-likeness (QED) is 0.785. The second-order valence-corrected chi connectivity index (χ2v) is 7.10. The van der Waals surface area contributed by atoms with Gasteiger partial charge in [0.25, 0.3) is 0 Å². The van der Waals surface area contributed by atoms with Crippen molar-refractivity contribution in [3.05, 3.63) is 21.3 Å². The van der Waals surface area contributed by atoms with E-state index in [2.05, 4.69) is 18.3 Å². The molecule has 0 aliphatic heterocycles. The summed E-state index contributed by atoms with van der Waals surface area (Å²) in [5, 5.41) is 3.60. The van der Waals surface area contributed by atoms with Gasteiger partial charge in [-0.3, -0.25) is 0 Å². The van der Waals surface area contributed by atoms with Gasteiger partial charge < -0.3 is 5.32 Å². The lowest BCUT2D eigenvalue weighted by atomic mass is 9.82. The molecule has 1 saturated carbocycles. The largest absolute Gasteiger partial charge is 0.316 e. The summed E-state index contributed by atoms with van der Waals surface area (Å²) in [6.45, 7) is 4.67. The topological polar surface area (TPSA) is 12.0 Å². The molecule has 1 aliphatic carbocycles. The van der Waals surface area contributed by atoms with Crippen LogP contribution in [0.5, 0.6) is 0 Å². The number of rotatable bonds is 5. The fraction of sp³-hybridized carbons (Fsp3) is 0.714. The molecule has 0 bridgehead atoms. The summed E-state index contributed by atoms with van der Waals surface area (Å²) >= 11 is 7.61.